The van der Waals surface area contributed by atoms with E-state index >= 15 is 0 Å². The average molecular weight is 240 g/mol. The number of hydrogen-bond donors (Lipinski definition) is 2. The summed E-state index contributed by atoms with van der Waals surface area (Å²) in [6.45, 7) is 1.95. The number of benzene rings is 1. The Morgan fingerprint density at radius 2 is 2.19 bits per heavy atom. The van der Waals surface area contributed by atoms with E-state index in [2.05, 4.69) is 10.4 Å². The van der Waals surface area contributed by atoms with Crippen LogP contribution in [0, 0.1) is 5.82 Å². The Bertz CT molecular complexity index is 542. The van der Waals surface area contributed by atoms with Crippen molar-refractivity contribution in [3.63, 3.8) is 0 Å². The van der Waals surface area contributed by atoms with Crippen molar-refractivity contribution >= 4 is 28.2 Å². The van der Waals surface area contributed by atoms with E-state index in [1.165, 1.54) is 6.07 Å². The van der Waals surface area contributed by atoms with Gasteiger partial charge in [0, 0.05) is 16.1 Å². The number of nitrogens with zero attached hydrogens (tertiary/aromatic N) is 1. The van der Waals surface area contributed by atoms with Crippen LogP contribution in [0.1, 0.15) is 12.6 Å². The van der Waals surface area contributed by atoms with Crippen molar-refractivity contribution in [2.45, 2.75) is 13.3 Å². The van der Waals surface area contributed by atoms with Gasteiger partial charge in [-0.1, -0.05) is 18.5 Å². The molecule has 0 aliphatic rings. The summed E-state index contributed by atoms with van der Waals surface area (Å²) in [4.78, 5) is 4.21. The number of hydrazine groups is 1. The minimum absolute atomic E-state index is 0.289. The highest BCUT2D eigenvalue weighted by Gasteiger charge is 2.09. The van der Waals surface area contributed by atoms with Crippen molar-refractivity contribution in [2.75, 3.05) is 5.43 Å². The molecule has 0 atom stereocenters. The van der Waals surface area contributed by atoms with Crippen molar-refractivity contribution in [1.82, 2.24) is 4.98 Å². The lowest BCUT2D eigenvalue weighted by molar-refractivity contribution is 0.636. The number of hydrogen-bond acceptors (Lipinski definition) is 3. The molecule has 0 amide bonds. The molecule has 2 rings (SSSR count). The van der Waals surface area contributed by atoms with Crippen molar-refractivity contribution < 1.29 is 4.39 Å². The number of halogens is 2. The molecule has 1 aromatic heterocycles. The largest absolute Gasteiger partial charge is 0.323 e. The Morgan fingerprint density at radius 3 is 2.81 bits per heavy atom. The first-order valence-electron chi connectivity index (χ1n) is 4.91. The highest BCUT2D eigenvalue weighted by molar-refractivity contribution is 6.31. The molecule has 0 bridgehead atoms. The second-order valence-corrected chi connectivity index (χ2v) is 3.88. The first-order chi connectivity index (χ1) is 7.65. The van der Waals surface area contributed by atoms with Gasteiger partial charge in [-0.2, -0.15) is 0 Å². The summed E-state index contributed by atoms with van der Waals surface area (Å²) in [6.07, 6.45) is 0.715. The number of fused-ring (bicyclic) bond motifs is 1. The molecule has 16 heavy (non-hydrogen) atoms. The van der Waals surface area contributed by atoms with Gasteiger partial charge in [0.1, 0.15) is 5.52 Å². The lowest BCUT2D eigenvalue weighted by Crippen LogP contribution is -2.08. The van der Waals surface area contributed by atoms with Crippen LogP contribution in [0.3, 0.4) is 0 Å². The van der Waals surface area contributed by atoms with Gasteiger partial charge in [-0.25, -0.2) is 9.37 Å². The van der Waals surface area contributed by atoms with Gasteiger partial charge in [0.2, 0.25) is 0 Å². The third-order valence-electron chi connectivity index (χ3n) is 2.40. The number of nitrogens with one attached hydrogen (secondary N) is 1. The van der Waals surface area contributed by atoms with E-state index in [1.54, 1.807) is 12.1 Å². The van der Waals surface area contributed by atoms with E-state index in [-0.39, 0.29) is 5.52 Å². The first-order valence-corrected chi connectivity index (χ1v) is 5.28. The van der Waals surface area contributed by atoms with Crippen molar-refractivity contribution in [3.8, 4) is 0 Å². The van der Waals surface area contributed by atoms with Crippen LogP contribution >= 0.6 is 11.6 Å². The normalized spacial score (nSPS) is 10.8. The molecular weight excluding hydrogens is 229 g/mol. The number of nitrogen functional groups attached to an aromatic ring is 1. The Kier molecular flexibility index (Phi) is 2.94. The average Bonchev–Trinajstić information content (AvgIpc) is 2.28. The number of aryl methyl sites for hydroxylation is 1. The predicted octanol–water partition coefficient (Wildman–Crippen LogP) is 2.88. The summed E-state index contributed by atoms with van der Waals surface area (Å²) in [7, 11) is 0. The maximum atomic E-state index is 13.7. The fourth-order valence-corrected chi connectivity index (χ4v) is 1.81. The summed E-state index contributed by atoms with van der Waals surface area (Å²) < 4.78 is 13.7. The van der Waals surface area contributed by atoms with Crippen molar-refractivity contribution in [1.29, 1.82) is 0 Å². The second-order valence-electron chi connectivity index (χ2n) is 3.44. The molecule has 1 aromatic carbocycles. The SMILES string of the molecule is CCc1cc(NN)c2cc(Cl)cc(F)c2n1. The van der Waals surface area contributed by atoms with Crippen LogP contribution in [-0.4, -0.2) is 4.98 Å². The van der Waals surface area contributed by atoms with Crippen LogP contribution in [0.2, 0.25) is 5.02 Å². The lowest BCUT2D eigenvalue weighted by Gasteiger charge is -2.09. The van der Waals surface area contributed by atoms with E-state index in [9.17, 15) is 4.39 Å². The van der Waals surface area contributed by atoms with Crippen LogP contribution in [0.5, 0.6) is 0 Å². The van der Waals surface area contributed by atoms with E-state index in [4.69, 9.17) is 17.4 Å². The quantitative estimate of drug-likeness (QED) is 0.626. The summed E-state index contributed by atoms with van der Waals surface area (Å²) in [6, 6.07) is 4.68. The van der Waals surface area contributed by atoms with Gasteiger partial charge in [-0.05, 0) is 24.6 Å². The molecule has 0 aliphatic carbocycles. The molecule has 0 radical (unpaired) electrons. The fraction of sp³-hybridized carbons (Fsp3) is 0.182. The first kappa shape index (κ1) is 11.1. The van der Waals surface area contributed by atoms with E-state index < -0.39 is 5.82 Å². The van der Waals surface area contributed by atoms with Gasteiger partial charge in [-0.3, -0.25) is 5.84 Å². The second kappa shape index (κ2) is 4.23. The fourth-order valence-electron chi connectivity index (χ4n) is 1.61. The maximum Gasteiger partial charge on any atom is 0.150 e. The minimum Gasteiger partial charge on any atom is -0.323 e. The molecule has 0 unspecified atom stereocenters. The number of rotatable bonds is 2. The van der Waals surface area contributed by atoms with Gasteiger partial charge in [0.25, 0.3) is 0 Å². The Balaban J connectivity index is 2.83. The summed E-state index contributed by atoms with van der Waals surface area (Å²) in [5.74, 6) is 4.96. The Morgan fingerprint density at radius 1 is 1.44 bits per heavy atom. The Labute approximate surface area is 97.4 Å². The van der Waals surface area contributed by atoms with E-state index in [0.717, 1.165) is 5.69 Å². The van der Waals surface area contributed by atoms with Crippen LogP contribution in [0.4, 0.5) is 10.1 Å². The topological polar surface area (TPSA) is 50.9 Å². The number of pyridine rings is 1. The molecule has 3 nitrogen and oxygen atoms in total. The summed E-state index contributed by atoms with van der Waals surface area (Å²) in [5.41, 5.74) is 4.23. The summed E-state index contributed by atoms with van der Waals surface area (Å²) in [5, 5.41) is 0.914. The maximum absolute atomic E-state index is 13.7. The molecule has 5 heteroatoms. The molecule has 2 aromatic rings. The zero-order valence-electron chi connectivity index (χ0n) is 8.72. The highest BCUT2D eigenvalue weighted by atomic mass is 35.5. The zero-order chi connectivity index (χ0) is 11.7. The van der Waals surface area contributed by atoms with Crippen LogP contribution in [0.15, 0.2) is 18.2 Å². The van der Waals surface area contributed by atoms with Gasteiger partial charge in [0.05, 0.1) is 5.69 Å². The Hall–Kier alpha value is -1.39. The predicted molar refractivity (Wildman–Crippen MR) is 63.9 cm³/mol. The van der Waals surface area contributed by atoms with Crippen molar-refractivity contribution in [3.05, 3.63) is 34.7 Å². The van der Waals surface area contributed by atoms with Gasteiger partial charge in [0.15, 0.2) is 5.82 Å². The molecular formula is C11H11ClFN3. The smallest absolute Gasteiger partial charge is 0.150 e. The van der Waals surface area contributed by atoms with Crippen molar-refractivity contribution in [2.24, 2.45) is 5.84 Å². The highest BCUT2D eigenvalue weighted by Crippen LogP contribution is 2.28. The number of aromatic nitrogens is 1. The molecule has 0 saturated carbocycles. The van der Waals surface area contributed by atoms with E-state index in [1.807, 2.05) is 6.92 Å². The zero-order valence-corrected chi connectivity index (χ0v) is 9.48. The number of anilines is 1. The van der Waals surface area contributed by atoms with Crippen LogP contribution < -0.4 is 11.3 Å². The molecule has 84 valence electrons. The van der Waals surface area contributed by atoms with Crippen LogP contribution in [-0.2, 0) is 6.42 Å². The van der Waals surface area contributed by atoms with E-state index in [0.29, 0.717) is 22.5 Å². The van der Waals surface area contributed by atoms with Gasteiger partial charge in [-0.15, -0.1) is 0 Å². The minimum atomic E-state index is -0.436. The molecule has 0 fully saturated rings. The molecule has 1 heterocycles. The van der Waals surface area contributed by atoms with Gasteiger partial charge < -0.3 is 5.43 Å². The summed E-state index contributed by atoms with van der Waals surface area (Å²) >= 11 is 5.79. The lowest BCUT2D eigenvalue weighted by atomic mass is 10.1. The third kappa shape index (κ3) is 1.81. The number of nitrogens with two attached hydrogens (primary N) is 1. The standard InChI is InChI=1S/C11H11ClFN3/c1-2-7-5-10(16-14)8-3-6(12)4-9(13)11(8)15-7/h3-5H,2,14H2,1H3,(H,15,16). The monoisotopic (exact) mass is 239 g/mol. The van der Waals surface area contributed by atoms with Gasteiger partial charge >= 0.3 is 0 Å². The molecule has 3 N–H and O–H groups in total. The molecule has 0 spiro atoms. The third-order valence-corrected chi connectivity index (χ3v) is 2.62. The van der Waals surface area contributed by atoms with Crippen LogP contribution in [0.25, 0.3) is 10.9 Å². The molecule has 0 saturated heterocycles. The molecule has 0 aliphatic heterocycles.